The second-order valence-electron chi connectivity index (χ2n) is 30.4. The van der Waals surface area contributed by atoms with Gasteiger partial charge >= 0.3 is 25.7 Å². The van der Waals surface area contributed by atoms with Gasteiger partial charge in [-0.15, -0.1) is 0 Å². The van der Waals surface area contributed by atoms with Gasteiger partial charge in [0.25, 0.3) is 0 Å². The van der Waals surface area contributed by atoms with E-state index in [2.05, 4.69) is 62.7 Å². The van der Waals surface area contributed by atoms with E-state index < -0.39 is 81.0 Å². The Morgan fingerprint density at radius 2 is 0.771 bits per heavy atom. The standard InChI is InChI=1S/C85H154N3O16P/c1-6-11-16-21-26-29-34-39-49-58-72(100-80(93)61-52-42-32-24-19-14-9-4)66-77(90)86-64-65-99-85-75(69-87-78(91)67-73(59-50-40-35-30-27-22-17-12-7-2)101-81(94)62-53-43-33-25-20-15-10-5)83(84(76(70-89)103-85)104-105(96,97)98)88-79(92)68-74(60-51-41-36-31-28-23-18-13-8-3)102-82(95)63-54-44-37-38-46-55-71-56-47-45-48-57-71/h45,47-48,56-57,72-76,83-85,89H,6-44,46,49-55,58-70H2,1-5H3,(H,86,90)(H,87,91)(H,88,92)(H2,96,97,98)/t72-,73-,74-,75?,76?,83?,84-,85-/m1/s1. The van der Waals surface area contributed by atoms with Crippen molar-refractivity contribution >= 4 is 43.5 Å². The zero-order valence-electron chi connectivity index (χ0n) is 67.0. The number of phosphoric ester groups is 1. The van der Waals surface area contributed by atoms with Gasteiger partial charge in [-0.1, -0.05) is 315 Å². The minimum absolute atomic E-state index is 0.0529. The highest BCUT2D eigenvalue weighted by Crippen LogP contribution is 2.43. The van der Waals surface area contributed by atoms with Gasteiger partial charge in [-0.25, -0.2) is 4.57 Å². The van der Waals surface area contributed by atoms with Crippen molar-refractivity contribution in [3.8, 4) is 0 Å². The lowest BCUT2D eigenvalue weighted by molar-refractivity contribution is -0.259. The molecule has 3 amide bonds. The normalized spacial score (nSPS) is 16.9. The Bertz CT molecular complexity index is 2330. The largest absolute Gasteiger partial charge is 0.470 e. The first-order valence-electron chi connectivity index (χ1n) is 43.1. The summed E-state index contributed by atoms with van der Waals surface area (Å²) < 4.78 is 49.4. The van der Waals surface area contributed by atoms with E-state index >= 15 is 0 Å². The summed E-state index contributed by atoms with van der Waals surface area (Å²) in [5.74, 6) is -3.75. The molecular weight excluding hydrogens is 1350 g/mol. The van der Waals surface area contributed by atoms with E-state index in [0.29, 0.717) is 38.5 Å². The topological polar surface area (TPSA) is 272 Å². The van der Waals surface area contributed by atoms with Gasteiger partial charge in [0.2, 0.25) is 17.7 Å². The quantitative estimate of drug-likeness (QED) is 0.0153. The monoisotopic (exact) mass is 1500 g/mol. The molecule has 0 radical (unpaired) electrons. The third-order valence-electron chi connectivity index (χ3n) is 20.5. The number of aliphatic hydroxyl groups excluding tert-OH is 1. The molecule has 1 aromatic carbocycles. The van der Waals surface area contributed by atoms with Crippen LogP contribution in [0.15, 0.2) is 30.3 Å². The van der Waals surface area contributed by atoms with E-state index in [1.807, 2.05) is 18.2 Å². The summed E-state index contributed by atoms with van der Waals surface area (Å²) in [5.41, 5.74) is 1.30. The number of unbranched alkanes of at least 4 members (excludes halogenated alkanes) is 40. The lowest BCUT2D eigenvalue weighted by Crippen LogP contribution is -2.65. The molecule has 1 aliphatic rings. The molecule has 2 rings (SSSR count). The molecule has 3 unspecified atom stereocenters. The second-order valence-corrected chi connectivity index (χ2v) is 31.6. The van der Waals surface area contributed by atoms with Crippen molar-refractivity contribution in [3.63, 3.8) is 0 Å². The van der Waals surface area contributed by atoms with Gasteiger partial charge in [0.05, 0.1) is 44.4 Å². The molecule has 1 fully saturated rings. The van der Waals surface area contributed by atoms with Crippen LogP contribution in [0.25, 0.3) is 0 Å². The molecule has 0 aromatic heterocycles. The summed E-state index contributed by atoms with van der Waals surface area (Å²) >= 11 is 0. The van der Waals surface area contributed by atoms with Crippen molar-refractivity contribution in [3.05, 3.63) is 35.9 Å². The maximum Gasteiger partial charge on any atom is 0.470 e. The number of aryl methyl sites for hydroxylation is 1. The molecule has 610 valence electrons. The number of aliphatic hydroxyl groups is 1. The molecule has 8 atom stereocenters. The van der Waals surface area contributed by atoms with Crippen LogP contribution in [-0.4, -0.2) is 120 Å². The van der Waals surface area contributed by atoms with Crippen LogP contribution in [-0.2, 0) is 68.0 Å². The van der Waals surface area contributed by atoms with E-state index in [-0.39, 0.29) is 76.1 Å². The smallest absolute Gasteiger partial charge is 0.462 e. The number of carbonyl (C=O) groups is 6. The SMILES string of the molecule is CCCCCCCCCCC[C@H](CC(=O)NCCO[C@@H]1OC(CO)[C@@H](OP(=O)(O)O)C(NC(=O)C[C@@H](CCCCCCCCCCC)OC(=O)CCCCCCCc2ccccc2)C1CNC(=O)C[C@@H](CCCCCCCCCCC)OC(=O)CCCCCCCCC)OC(=O)CCCCCCCCC. The zero-order valence-corrected chi connectivity index (χ0v) is 67.9. The van der Waals surface area contributed by atoms with Gasteiger partial charge in [-0.2, -0.15) is 0 Å². The summed E-state index contributed by atoms with van der Waals surface area (Å²) in [6.07, 6.45) is 44.3. The molecule has 0 spiro atoms. The minimum atomic E-state index is -5.39. The summed E-state index contributed by atoms with van der Waals surface area (Å²) in [6.45, 7) is 9.59. The number of rotatable bonds is 73. The Morgan fingerprint density at radius 3 is 1.13 bits per heavy atom. The Balaban J connectivity index is 2.50. The number of esters is 3. The van der Waals surface area contributed by atoms with Crippen LogP contribution in [0.3, 0.4) is 0 Å². The first kappa shape index (κ1) is 97.1. The van der Waals surface area contributed by atoms with Crippen molar-refractivity contribution in [1.82, 2.24) is 16.0 Å². The Labute approximate surface area is 637 Å². The van der Waals surface area contributed by atoms with Crippen molar-refractivity contribution < 1.29 is 76.4 Å². The van der Waals surface area contributed by atoms with Crippen LogP contribution in [0.5, 0.6) is 0 Å². The van der Waals surface area contributed by atoms with Crippen LogP contribution in [0.2, 0.25) is 0 Å². The van der Waals surface area contributed by atoms with E-state index in [9.17, 15) is 48.2 Å². The highest BCUT2D eigenvalue weighted by atomic mass is 31.2. The fourth-order valence-electron chi connectivity index (χ4n) is 14.2. The summed E-state index contributed by atoms with van der Waals surface area (Å²) in [5, 5.41) is 19.8. The van der Waals surface area contributed by atoms with E-state index in [0.717, 1.165) is 173 Å². The lowest BCUT2D eigenvalue weighted by Gasteiger charge is -2.46. The zero-order chi connectivity index (χ0) is 76.5. The van der Waals surface area contributed by atoms with Crippen molar-refractivity contribution in [2.24, 2.45) is 5.92 Å². The third kappa shape index (κ3) is 55.1. The average molecular weight is 1510 g/mol. The molecule has 1 saturated heterocycles. The number of amides is 3. The predicted molar refractivity (Wildman–Crippen MR) is 422 cm³/mol. The van der Waals surface area contributed by atoms with Gasteiger partial charge < -0.3 is 54.5 Å². The minimum Gasteiger partial charge on any atom is -0.462 e. The van der Waals surface area contributed by atoms with E-state index in [1.165, 1.54) is 115 Å². The first-order chi connectivity index (χ1) is 51.0. The van der Waals surface area contributed by atoms with E-state index in [1.54, 1.807) is 0 Å². The van der Waals surface area contributed by atoms with Crippen LogP contribution in [0.1, 0.15) is 393 Å². The molecule has 6 N–H and O–H groups in total. The molecule has 19 nitrogen and oxygen atoms in total. The molecule has 105 heavy (non-hydrogen) atoms. The number of phosphoric acid groups is 1. The van der Waals surface area contributed by atoms with Crippen LogP contribution >= 0.6 is 7.82 Å². The maximum absolute atomic E-state index is 14.8. The predicted octanol–water partition coefficient (Wildman–Crippen LogP) is 20.1. The highest BCUT2D eigenvalue weighted by Gasteiger charge is 2.50. The Morgan fingerprint density at radius 1 is 0.438 bits per heavy atom. The molecule has 0 saturated carbocycles. The molecular formula is C85H154N3O16P. The number of benzene rings is 1. The van der Waals surface area contributed by atoms with Crippen LogP contribution in [0, 0.1) is 5.92 Å². The fourth-order valence-corrected chi connectivity index (χ4v) is 14.8. The van der Waals surface area contributed by atoms with Crippen molar-refractivity contribution in [2.75, 3.05) is 26.3 Å². The van der Waals surface area contributed by atoms with Gasteiger partial charge in [0, 0.05) is 32.4 Å². The number of nitrogens with one attached hydrogen (secondary N) is 3. The second kappa shape index (κ2) is 67.0. The lowest BCUT2D eigenvalue weighted by atomic mass is 9.87. The van der Waals surface area contributed by atoms with Crippen molar-refractivity contribution in [2.45, 2.75) is 437 Å². The molecule has 1 aliphatic heterocycles. The maximum atomic E-state index is 14.8. The summed E-state index contributed by atoms with van der Waals surface area (Å²) in [4.78, 5) is 104. The van der Waals surface area contributed by atoms with Gasteiger partial charge in [-0.05, 0) is 76.2 Å². The van der Waals surface area contributed by atoms with Gasteiger partial charge in [0.15, 0.2) is 6.29 Å². The number of carbonyl (C=O) groups excluding carboxylic acids is 6. The van der Waals surface area contributed by atoms with Gasteiger partial charge in [0.1, 0.15) is 30.5 Å². The number of hydrogen-bond donors (Lipinski definition) is 6. The molecule has 20 heteroatoms. The average Bonchev–Trinajstić information content (AvgIpc) is 0.783. The number of ether oxygens (including phenoxy) is 5. The van der Waals surface area contributed by atoms with Crippen LogP contribution in [0.4, 0.5) is 0 Å². The molecule has 1 aromatic rings. The Kier molecular flexibility index (Phi) is 61.9. The summed E-state index contributed by atoms with van der Waals surface area (Å²) in [7, 11) is -5.39. The third-order valence-corrected chi connectivity index (χ3v) is 21.0. The van der Waals surface area contributed by atoms with Crippen molar-refractivity contribution in [1.29, 1.82) is 0 Å². The number of hydrogen-bond acceptors (Lipinski definition) is 14. The summed E-state index contributed by atoms with van der Waals surface area (Å²) in [6, 6.07) is 8.96. The molecule has 0 bridgehead atoms. The highest BCUT2D eigenvalue weighted by molar-refractivity contribution is 7.46. The Hall–Kier alpha value is -3.97. The first-order valence-corrected chi connectivity index (χ1v) is 44.7. The molecule has 1 heterocycles. The van der Waals surface area contributed by atoms with E-state index in [4.69, 9.17) is 28.2 Å². The van der Waals surface area contributed by atoms with Gasteiger partial charge in [-0.3, -0.25) is 33.3 Å². The fraction of sp³-hybridized carbons (Fsp3) is 0.859. The molecule has 0 aliphatic carbocycles. The van der Waals surface area contributed by atoms with Crippen LogP contribution < -0.4 is 16.0 Å².